The molecule has 1 aromatic rings. The van der Waals surface area contributed by atoms with E-state index in [9.17, 15) is 9.59 Å². The second-order valence-electron chi connectivity index (χ2n) is 5.33. The second-order valence-corrected chi connectivity index (χ2v) is 5.33. The molecular formula is C17H22O3. The van der Waals surface area contributed by atoms with Gasteiger partial charge in [-0.15, -0.1) is 0 Å². The Labute approximate surface area is 120 Å². The summed E-state index contributed by atoms with van der Waals surface area (Å²) in [4.78, 5) is 23.5. The zero-order valence-electron chi connectivity index (χ0n) is 12.4. The fraction of sp³-hybridized carbons (Fsp3) is 0.412. The molecule has 0 saturated heterocycles. The largest absolute Gasteiger partial charge is 0.463 e. The predicted molar refractivity (Wildman–Crippen MR) is 79.3 cm³/mol. The summed E-state index contributed by atoms with van der Waals surface area (Å²) in [7, 11) is 0. The number of esters is 1. The summed E-state index contributed by atoms with van der Waals surface area (Å²) >= 11 is 0. The molecule has 108 valence electrons. The first-order valence-corrected chi connectivity index (χ1v) is 6.86. The Morgan fingerprint density at radius 2 is 1.85 bits per heavy atom. The molecule has 20 heavy (non-hydrogen) atoms. The number of hydrogen-bond acceptors (Lipinski definition) is 3. The molecule has 0 aliphatic heterocycles. The van der Waals surface area contributed by atoms with E-state index < -0.39 is 5.41 Å². The van der Waals surface area contributed by atoms with Crippen LogP contribution in [0.1, 0.15) is 32.8 Å². The van der Waals surface area contributed by atoms with E-state index in [1.54, 1.807) is 13.0 Å². The van der Waals surface area contributed by atoms with Crippen LogP contribution in [0, 0.1) is 5.41 Å². The molecule has 0 atom stereocenters. The molecule has 1 aromatic carbocycles. The second kappa shape index (κ2) is 7.63. The van der Waals surface area contributed by atoms with Gasteiger partial charge in [0.05, 0.1) is 6.61 Å². The molecule has 3 heteroatoms. The molecule has 0 aromatic heterocycles. The van der Waals surface area contributed by atoms with Crippen LogP contribution in [0.25, 0.3) is 0 Å². The Hall–Kier alpha value is -1.90. The molecule has 0 aliphatic carbocycles. The summed E-state index contributed by atoms with van der Waals surface area (Å²) in [6.45, 7) is 5.92. The van der Waals surface area contributed by atoms with E-state index in [2.05, 4.69) is 0 Å². The summed E-state index contributed by atoms with van der Waals surface area (Å²) in [5.41, 5.74) is 0.527. The molecule has 0 saturated carbocycles. The standard InChI is InChI=1S/C17H22O3/c1-4-20-16(19)11-8-12-17(2,3)15(18)13-14-9-6-5-7-10-14/h5-11H,4,12-13H2,1-3H3/b11-8+. The Kier molecular flexibility index (Phi) is 6.16. The Morgan fingerprint density at radius 1 is 1.20 bits per heavy atom. The van der Waals surface area contributed by atoms with Crippen LogP contribution in [-0.4, -0.2) is 18.4 Å². The number of rotatable bonds is 7. The van der Waals surface area contributed by atoms with E-state index in [4.69, 9.17) is 4.74 Å². The highest BCUT2D eigenvalue weighted by Gasteiger charge is 2.25. The first-order chi connectivity index (χ1) is 9.45. The minimum atomic E-state index is -0.487. The number of carbonyl (C=O) groups is 2. The monoisotopic (exact) mass is 274 g/mol. The third kappa shape index (κ3) is 5.39. The van der Waals surface area contributed by atoms with Gasteiger partial charge in [0.25, 0.3) is 0 Å². The van der Waals surface area contributed by atoms with Crippen molar-refractivity contribution >= 4 is 11.8 Å². The fourth-order valence-corrected chi connectivity index (χ4v) is 1.77. The van der Waals surface area contributed by atoms with Crippen LogP contribution < -0.4 is 0 Å². The average Bonchev–Trinajstić information content (AvgIpc) is 2.40. The SMILES string of the molecule is CCOC(=O)/C=C/CC(C)(C)C(=O)Cc1ccccc1. The van der Waals surface area contributed by atoms with Gasteiger partial charge in [0.1, 0.15) is 5.78 Å². The van der Waals surface area contributed by atoms with Crippen LogP contribution in [0.4, 0.5) is 0 Å². The lowest BCUT2D eigenvalue weighted by Crippen LogP contribution is -2.25. The van der Waals surface area contributed by atoms with Crippen molar-refractivity contribution in [3.8, 4) is 0 Å². The molecule has 0 heterocycles. The summed E-state index contributed by atoms with van der Waals surface area (Å²) in [5, 5.41) is 0. The van der Waals surface area contributed by atoms with E-state index in [0.717, 1.165) is 5.56 Å². The van der Waals surface area contributed by atoms with Crippen molar-refractivity contribution in [1.29, 1.82) is 0 Å². The normalized spacial score (nSPS) is 11.6. The van der Waals surface area contributed by atoms with Crippen molar-refractivity contribution in [2.45, 2.75) is 33.6 Å². The van der Waals surface area contributed by atoms with E-state index >= 15 is 0 Å². The van der Waals surface area contributed by atoms with Gasteiger partial charge in [-0.2, -0.15) is 0 Å². The summed E-state index contributed by atoms with van der Waals surface area (Å²) in [6.07, 6.45) is 4.04. The molecule has 1 rings (SSSR count). The van der Waals surface area contributed by atoms with Crippen molar-refractivity contribution in [3.05, 3.63) is 48.0 Å². The van der Waals surface area contributed by atoms with Crippen molar-refractivity contribution in [2.24, 2.45) is 5.41 Å². The third-order valence-electron chi connectivity index (χ3n) is 3.13. The van der Waals surface area contributed by atoms with Gasteiger partial charge in [-0.25, -0.2) is 4.79 Å². The molecule has 3 nitrogen and oxygen atoms in total. The smallest absolute Gasteiger partial charge is 0.330 e. The zero-order valence-corrected chi connectivity index (χ0v) is 12.4. The number of hydrogen-bond donors (Lipinski definition) is 0. The van der Waals surface area contributed by atoms with Crippen molar-refractivity contribution in [3.63, 3.8) is 0 Å². The lowest BCUT2D eigenvalue weighted by atomic mass is 9.82. The van der Waals surface area contributed by atoms with E-state index in [1.165, 1.54) is 6.08 Å². The van der Waals surface area contributed by atoms with Gasteiger partial charge in [0, 0.05) is 17.9 Å². The summed E-state index contributed by atoms with van der Waals surface area (Å²) < 4.78 is 4.80. The van der Waals surface area contributed by atoms with Gasteiger partial charge in [0.15, 0.2) is 0 Å². The number of Topliss-reactive ketones (excluding diaryl/α,β-unsaturated/α-hetero) is 1. The number of carbonyl (C=O) groups excluding carboxylic acids is 2. The molecule has 0 amide bonds. The van der Waals surface area contributed by atoms with Crippen molar-refractivity contribution in [1.82, 2.24) is 0 Å². The topological polar surface area (TPSA) is 43.4 Å². The molecule has 0 unspecified atom stereocenters. The fourth-order valence-electron chi connectivity index (χ4n) is 1.77. The highest BCUT2D eigenvalue weighted by Crippen LogP contribution is 2.24. The average molecular weight is 274 g/mol. The van der Waals surface area contributed by atoms with Gasteiger partial charge in [-0.1, -0.05) is 50.3 Å². The van der Waals surface area contributed by atoms with E-state index in [0.29, 0.717) is 19.4 Å². The maximum Gasteiger partial charge on any atom is 0.330 e. The minimum Gasteiger partial charge on any atom is -0.463 e. The highest BCUT2D eigenvalue weighted by molar-refractivity contribution is 5.86. The number of ether oxygens (including phenoxy) is 1. The van der Waals surface area contributed by atoms with Crippen LogP contribution in [-0.2, 0) is 20.7 Å². The van der Waals surface area contributed by atoms with Gasteiger partial charge in [0.2, 0.25) is 0 Å². The van der Waals surface area contributed by atoms with Crippen LogP contribution in [0.2, 0.25) is 0 Å². The number of allylic oxidation sites excluding steroid dienone is 1. The van der Waals surface area contributed by atoms with E-state index in [1.807, 2.05) is 44.2 Å². The molecule has 0 spiro atoms. The molecule has 0 radical (unpaired) electrons. The maximum atomic E-state index is 12.3. The van der Waals surface area contributed by atoms with Crippen molar-refractivity contribution in [2.75, 3.05) is 6.61 Å². The lowest BCUT2D eigenvalue weighted by Gasteiger charge is -2.21. The molecule has 0 N–H and O–H groups in total. The Balaban J connectivity index is 2.55. The Bertz CT molecular complexity index is 472. The zero-order chi connectivity index (χ0) is 15.0. The quantitative estimate of drug-likeness (QED) is 0.566. The lowest BCUT2D eigenvalue weighted by molar-refractivity contribution is -0.137. The van der Waals surface area contributed by atoms with Gasteiger partial charge in [-0.05, 0) is 18.9 Å². The van der Waals surface area contributed by atoms with Crippen LogP contribution in [0.15, 0.2) is 42.5 Å². The maximum absolute atomic E-state index is 12.3. The van der Waals surface area contributed by atoms with Gasteiger partial charge < -0.3 is 4.74 Å². The molecule has 0 fully saturated rings. The number of ketones is 1. The summed E-state index contributed by atoms with van der Waals surface area (Å²) in [6, 6.07) is 9.68. The first-order valence-electron chi connectivity index (χ1n) is 6.86. The van der Waals surface area contributed by atoms with Crippen LogP contribution in [0.5, 0.6) is 0 Å². The minimum absolute atomic E-state index is 0.164. The summed E-state index contributed by atoms with van der Waals surface area (Å²) in [5.74, 6) is -0.198. The van der Waals surface area contributed by atoms with Crippen LogP contribution >= 0.6 is 0 Å². The first kappa shape index (κ1) is 16.2. The molecule has 0 aliphatic rings. The van der Waals surface area contributed by atoms with Gasteiger partial charge >= 0.3 is 5.97 Å². The third-order valence-corrected chi connectivity index (χ3v) is 3.13. The van der Waals surface area contributed by atoms with Gasteiger partial charge in [-0.3, -0.25) is 4.79 Å². The highest BCUT2D eigenvalue weighted by atomic mass is 16.5. The molecular weight excluding hydrogens is 252 g/mol. The molecule has 0 bridgehead atoms. The van der Waals surface area contributed by atoms with Crippen LogP contribution in [0.3, 0.4) is 0 Å². The Morgan fingerprint density at radius 3 is 2.45 bits per heavy atom. The predicted octanol–water partition coefficient (Wildman–Crippen LogP) is 3.33. The van der Waals surface area contributed by atoms with E-state index in [-0.39, 0.29) is 11.8 Å². The van der Waals surface area contributed by atoms with Crippen molar-refractivity contribution < 1.29 is 14.3 Å². The number of benzene rings is 1.